The van der Waals surface area contributed by atoms with E-state index in [0.29, 0.717) is 43.0 Å². The molecule has 0 radical (unpaired) electrons. The van der Waals surface area contributed by atoms with Crippen molar-refractivity contribution >= 4 is 12.0 Å². The highest BCUT2D eigenvalue weighted by atomic mass is 19.1. The van der Waals surface area contributed by atoms with Gasteiger partial charge < -0.3 is 24.8 Å². The molecule has 2 fully saturated rings. The van der Waals surface area contributed by atoms with Gasteiger partial charge in [-0.2, -0.15) is 0 Å². The van der Waals surface area contributed by atoms with Gasteiger partial charge in [0.1, 0.15) is 11.6 Å². The molecule has 2 aliphatic rings. The predicted molar refractivity (Wildman–Crippen MR) is 147 cm³/mol. The first-order valence-corrected chi connectivity index (χ1v) is 14.0. The number of halogens is 2. The number of nitrogens with one attached hydrogen (secondary N) is 2. The van der Waals surface area contributed by atoms with Gasteiger partial charge in [0.15, 0.2) is 5.69 Å². The van der Waals surface area contributed by atoms with Crippen molar-refractivity contribution in [2.45, 2.75) is 57.2 Å². The molecule has 40 heavy (non-hydrogen) atoms. The molecule has 2 amide bonds. The minimum Gasteiger partial charge on any atom is -0.450 e. The van der Waals surface area contributed by atoms with Crippen molar-refractivity contribution in [1.82, 2.24) is 25.1 Å². The summed E-state index contributed by atoms with van der Waals surface area (Å²) in [6.07, 6.45) is 5.15. The number of amides is 2. The standard InChI is InChI=1S/C30H35F2N5O3/c1-2-40-30(39)35-25-10-6-7-11-26(25)37-19-34-27(28(37)21-8-4-3-5-9-21)29(38)36-13-12-33-18-24(36)16-20-14-22(31)17-23(32)15-20/h3-5,8-9,14-15,17,19,24-26,33H,2,6-7,10-13,16,18H2,1H3,(H,35,39)/t24-,25-,26-/m0/s1. The van der Waals surface area contributed by atoms with Crippen molar-refractivity contribution in [3.05, 3.63) is 77.8 Å². The van der Waals surface area contributed by atoms with Crippen LogP contribution in [0, 0.1) is 11.6 Å². The highest BCUT2D eigenvalue weighted by Crippen LogP contribution is 2.35. The van der Waals surface area contributed by atoms with Crippen LogP contribution in [-0.4, -0.2) is 64.8 Å². The summed E-state index contributed by atoms with van der Waals surface area (Å²) >= 11 is 0. The topological polar surface area (TPSA) is 88.5 Å². The summed E-state index contributed by atoms with van der Waals surface area (Å²) in [5.74, 6) is -1.51. The molecule has 2 heterocycles. The van der Waals surface area contributed by atoms with Crippen LogP contribution in [0.2, 0.25) is 0 Å². The smallest absolute Gasteiger partial charge is 0.407 e. The van der Waals surface area contributed by atoms with E-state index >= 15 is 0 Å². The molecule has 3 atom stereocenters. The number of carbonyl (C=O) groups excluding carboxylic acids is 2. The van der Waals surface area contributed by atoms with Crippen LogP contribution < -0.4 is 10.6 Å². The molecule has 0 unspecified atom stereocenters. The Kier molecular flexibility index (Phi) is 8.74. The van der Waals surface area contributed by atoms with Crippen LogP contribution in [0.4, 0.5) is 13.6 Å². The van der Waals surface area contributed by atoms with Gasteiger partial charge in [0.2, 0.25) is 0 Å². The Balaban J connectivity index is 1.49. The third kappa shape index (κ3) is 6.17. The molecule has 0 spiro atoms. The number of piperazine rings is 1. The highest BCUT2D eigenvalue weighted by molar-refractivity contribution is 5.98. The van der Waals surface area contributed by atoms with Crippen LogP contribution in [-0.2, 0) is 11.2 Å². The fraction of sp³-hybridized carbons (Fsp3) is 0.433. The fourth-order valence-corrected chi connectivity index (χ4v) is 5.94. The van der Waals surface area contributed by atoms with Crippen molar-refractivity contribution in [3.63, 3.8) is 0 Å². The number of carbonyl (C=O) groups is 2. The average Bonchev–Trinajstić information content (AvgIpc) is 3.38. The van der Waals surface area contributed by atoms with Gasteiger partial charge in [0.05, 0.1) is 30.7 Å². The van der Waals surface area contributed by atoms with Gasteiger partial charge in [-0.15, -0.1) is 0 Å². The zero-order valence-corrected chi connectivity index (χ0v) is 22.6. The van der Waals surface area contributed by atoms with Crippen molar-refractivity contribution in [2.24, 2.45) is 0 Å². The Morgan fingerprint density at radius 3 is 2.60 bits per heavy atom. The minimum atomic E-state index is -0.639. The lowest BCUT2D eigenvalue weighted by atomic mass is 9.89. The second-order valence-corrected chi connectivity index (χ2v) is 10.4. The Labute approximate surface area is 232 Å². The molecule has 8 nitrogen and oxygen atoms in total. The van der Waals surface area contributed by atoms with E-state index in [1.165, 1.54) is 12.1 Å². The molecule has 1 saturated carbocycles. The van der Waals surface area contributed by atoms with Gasteiger partial charge in [-0.05, 0) is 43.9 Å². The number of aromatic nitrogens is 2. The fourth-order valence-electron chi connectivity index (χ4n) is 5.94. The van der Waals surface area contributed by atoms with Crippen molar-refractivity contribution < 1.29 is 23.1 Å². The van der Waals surface area contributed by atoms with E-state index in [1.807, 2.05) is 34.9 Å². The minimum absolute atomic E-state index is 0.100. The molecule has 10 heteroatoms. The summed E-state index contributed by atoms with van der Waals surface area (Å²) in [6, 6.07) is 12.6. The Morgan fingerprint density at radius 2 is 1.85 bits per heavy atom. The second-order valence-electron chi connectivity index (χ2n) is 10.4. The number of hydrogen-bond acceptors (Lipinski definition) is 5. The zero-order chi connectivity index (χ0) is 28.1. The molecular weight excluding hydrogens is 516 g/mol. The molecule has 0 bridgehead atoms. The molecule has 2 N–H and O–H groups in total. The van der Waals surface area contributed by atoms with Crippen LogP contribution in [0.3, 0.4) is 0 Å². The normalized spacial score (nSPS) is 21.2. The number of ether oxygens (including phenoxy) is 1. The number of hydrogen-bond donors (Lipinski definition) is 2. The third-order valence-corrected chi connectivity index (χ3v) is 7.71. The number of benzene rings is 2. The Hall–Kier alpha value is -3.79. The van der Waals surface area contributed by atoms with Crippen molar-refractivity contribution in [3.8, 4) is 11.3 Å². The average molecular weight is 552 g/mol. The number of alkyl carbamates (subject to hydrolysis) is 1. The zero-order valence-electron chi connectivity index (χ0n) is 22.6. The summed E-state index contributed by atoms with van der Waals surface area (Å²) in [7, 11) is 0. The summed E-state index contributed by atoms with van der Waals surface area (Å²) in [5, 5.41) is 6.32. The highest BCUT2D eigenvalue weighted by Gasteiger charge is 2.35. The molecule has 1 saturated heterocycles. The Bertz CT molecular complexity index is 1310. The maximum absolute atomic E-state index is 14.2. The molecule has 5 rings (SSSR count). The molecule has 3 aromatic rings. The van der Waals surface area contributed by atoms with Gasteiger partial charge in [0, 0.05) is 37.3 Å². The first kappa shape index (κ1) is 27.8. The van der Waals surface area contributed by atoms with Crippen LogP contribution in [0.5, 0.6) is 0 Å². The van der Waals surface area contributed by atoms with Crippen LogP contribution >= 0.6 is 0 Å². The number of rotatable bonds is 7. The van der Waals surface area contributed by atoms with E-state index in [0.717, 1.165) is 37.3 Å². The first-order valence-electron chi connectivity index (χ1n) is 14.0. The van der Waals surface area contributed by atoms with E-state index in [-0.39, 0.29) is 30.6 Å². The summed E-state index contributed by atoms with van der Waals surface area (Å²) in [4.78, 5) is 32.9. The molecular formula is C30H35F2N5O3. The first-order chi connectivity index (χ1) is 19.4. The number of nitrogens with zero attached hydrogens (tertiary/aromatic N) is 3. The monoisotopic (exact) mass is 551 g/mol. The largest absolute Gasteiger partial charge is 0.450 e. The van der Waals surface area contributed by atoms with Crippen LogP contribution in [0.15, 0.2) is 54.9 Å². The third-order valence-electron chi connectivity index (χ3n) is 7.71. The quantitative estimate of drug-likeness (QED) is 0.444. The Morgan fingerprint density at radius 1 is 1.10 bits per heavy atom. The summed E-state index contributed by atoms with van der Waals surface area (Å²) in [5.41, 5.74) is 2.36. The number of imidazole rings is 1. The maximum Gasteiger partial charge on any atom is 0.407 e. The van der Waals surface area contributed by atoms with E-state index in [4.69, 9.17) is 4.74 Å². The van der Waals surface area contributed by atoms with Crippen molar-refractivity contribution in [2.75, 3.05) is 26.2 Å². The van der Waals surface area contributed by atoms with Gasteiger partial charge in [-0.25, -0.2) is 18.6 Å². The van der Waals surface area contributed by atoms with E-state index < -0.39 is 17.7 Å². The molecule has 1 aromatic heterocycles. The van der Waals surface area contributed by atoms with Gasteiger partial charge >= 0.3 is 6.09 Å². The van der Waals surface area contributed by atoms with E-state index in [1.54, 1.807) is 18.2 Å². The van der Waals surface area contributed by atoms with Crippen molar-refractivity contribution in [1.29, 1.82) is 0 Å². The van der Waals surface area contributed by atoms with Gasteiger partial charge in [-0.1, -0.05) is 43.2 Å². The van der Waals surface area contributed by atoms with Crippen LogP contribution in [0.1, 0.15) is 54.7 Å². The predicted octanol–water partition coefficient (Wildman–Crippen LogP) is 4.71. The summed E-state index contributed by atoms with van der Waals surface area (Å²) < 4.78 is 35.0. The lowest BCUT2D eigenvalue weighted by Gasteiger charge is -2.36. The SMILES string of the molecule is CCOC(=O)N[C@H]1CCCC[C@@H]1n1cnc(C(=O)N2CCNC[C@@H]2Cc2cc(F)cc(F)c2)c1-c1ccccc1. The maximum atomic E-state index is 14.2. The summed E-state index contributed by atoms with van der Waals surface area (Å²) in [6.45, 7) is 3.61. The molecule has 1 aliphatic heterocycles. The van der Waals surface area contributed by atoms with Gasteiger partial charge in [0.25, 0.3) is 5.91 Å². The lowest BCUT2D eigenvalue weighted by Crippen LogP contribution is -2.54. The second kappa shape index (κ2) is 12.6. The van der Waals surface area contributed by atoms with Crippen LogP contribution in [0.25, 0.3) is 11.3 Å². The molecule has 1 aliphatic carbocycles. The molecule has 212 valence electrons. The van der Waals surface area contributed by atoms with Gasteiger partial charge in [-0.3, -0.25) is 4.79 Å². The van der Waals surface area contributed by atoms with E-state index in [2.05, 4.69) is 15.6 Å². The lowest BCUT2D eigenvalue weighted by molar-refractivity contribution is 0.0631. The molecule has 2 aromatic carbocycles. The van der Waals surface area contributed by atoms with E-state index in [9.17, 15) is 18.4 Å².